The Morgan fingerprint density at radius 2 is 1.84 bits per heavy atom. The van der Waals surface area contributed by atoms with Crippen LogP contribution in [0.1, 0.15) is 36.0 Å². The Kier molecular flexibility index (Phi) is 7.15. The highest BCUT2D eigenvalue weighted by Crippen LogP contribution is 2.30. The molecule has 3 heterocycles. The van der Waals surface area contributed by atoms with E-state index in [1.54, 1.807) is 0 Å². The van der Waals surface area contributed by atoms with Crippen molar-refractivity contribution in [1.29, 1.82) is 0 Å². The van der Waals surface area contributed by atoms with Gasteiger partial charge in [0.15, 0.2) is 0 Å². The van der Waals surface area contributed by atoms with E-state index in [2.05, 4.69) is 70.1 Å². The maximum atomic E-state index is 6.17. The zero-order chi connectivity index (χ0) is 20.9. The van der Waals surface area contributed by atoms with Gasteiger partial charge in [0, 0.05) is 50.1 Å². The number of hydrogen-bond acceptors (Lipinski definition) is 5. The van der Waals surface area contributed by atoms with Crippen molar-refractivity contribution >= 4 is 11.8 Å². The average molecular weight is 439 g/mol. The summed E-state index contributed by atoms with van der Waals surface area (Å²) in [6, 6.07) is 18.1. The van der Waals surface area contributed by atoms with E-state index in [0.29, 0.717) is 6.10 Å². The maximum Gasteiger partial charge on any atom is 0.123 e. The number of ether oxygens (including phenoxy) is 2. The molecule has 3 aliphatic rings. The molecule has 166 valence electrons. The second kappa shape index (κ2) is 10.4. The van der Waals surface area contributed by atoms with E-state index < -0.39 is 0 Å². The predicted octanol–water partition coefficient (Wildman–Crippen LogP) is 4.57. The minimum atomic E-state index is 0.384. The first-order valence-electron chi connectivity index (χ1n) is 11.8. The van der Waals surface area contributed by atoms with Crippen LogP contribution < -0.4 is 4.74 Å². The maximum absolute atomic E-state index is 6.17. The number of fused-ring (bicyclic) bond motifs is 1. The minimum absolute atomic E-state index is 0.384. The fourth-order valence-electron chi connectivity index (χ4n) is 4.97. The molecule has 5 rings (SSSR count). The van der Waals surface area contributed by atoms with Crippen LogP contribution >= 0.6 is 11.8 Å². The Balaban J connectivity index is 1.13. The van der Waals surface area contributed by atoms with Gasteiger partial charge in [-0.15, -0.1) is 0 Å². The molecule has 0 aromatic heterocycles. The lowest BCUT2D eigenvalue weighted by Gasteiger charge is -2.32. The van der Waals surface area contributed by atoms with Crippen molar-refractivity contribution in [3.8, 4) is 5.75 Å². The molecular formula is C26H34N2O2S. The summed E-state index contributed by atoms with van der Waals surface area (Å²) in [6.07, 6.45) is 3.94. The fraction of sp³-hybridized carbons (Fsp3) is 0.538. The van der Waals surface area contributed by atoms with Crippen LogP contribution in [-0.2, 0) is 24.4 Å². The van der Waals surface area contributed by atoms with E-state index >= 15 is 0 Å². The number of likely N-dealkylation sites (tertiary alicyclic amines) is 1. The Bertz CT molecular complexity index is 833. The second-order valence-electron chi connectivity index (χ2n) is 9.05. The largest absolute Gasteiger partial charge is 0.492 e. The molecule has 2 saturated heterocycles. The third-order valence-electron chi connectivity index (χ3n) is 6.83. The molecule has 0 N–H and O–H groups in total. The topological polar surface area (TPSA) is 24.9 Å². The molecule has 31 heavy (non-hydrogen) atoms. The zero-order valence-corrected chi connectivity index (χ0v) is 19.2. The van der Waals surface area contributed by atoms with Crippen LogP contribution in [0.15, 0.2) is 48.5 Å². The van der Waals surface area contributed by atoms with Crippen molar-refractivity contribution < 1.29 is 9.47 Å². The lowest BCUT2D eigenvalue weighted by molar-refractivity contribution is -0.00394. The third-order valence-corrected chi connectivity index (χ3v) is 7.97. The first-order valence-corrected chi connectivity index (χ1v) is 12.9. The molecule has 1 unspecified atom stereocenters. The lowest BCUT2D eigenvalue weighted by Crippen LogP contribution is -2.36. The second-order valence-corrected chi connectivity index (χ2v) is 10.2. The summed E-state index contributed by atoms with van der Waals surface area (Å²) in [5.41, 5.74) is 4.05. The lowest BCUT2D eigenvalue weighted by atomic mass is 10.0. The highest BCUT2D eigenvalue weighted by atomic mass is 32.2. The first-order chi connectivity index (χ1) is 15.3. The quantitative estimate of drug-likeness (QED) is 0.658. The van der Waals surface area contributed by atoms with Crippen molar-refractivity contribution in [1.82, 2.24) is 9.80 Å². The van der Waals surface area contributed by atoms with Gasteiger partial charge in [-0.1, -0.05) is 36.4 Å². The Labute approximate surface area is 190 Å². The van der Waals surface area contributed by atoms with Gasteiger partial charge in [0.2, 0.25) is 0 Å². The van der Waals surface area contributed by atoms with Gasteiger partial charge >= 0.3 is 0 Å². The van der Waals surface area contributed by atoms with Crippen molar-refractivity contribution in [2.45, 2.75) is 51.1 Å². The monoisotopic (exact) mass is 438 g/mol. The molecule has 2 aromatic rings. The van der Waals surface area contributed by atoms with Crippen LogP contribution in [0.4, 0.5) is 0 Å². The number of benzene rings is 2. The zero-order valence-electron chi connectivity index (χ0n) is 18.4. The van der Waals surface area contributed by atoms with Gasteiger partial charge in [0.25, 0.3) is 0 Å². The van der Waals surface area contributed by atoms with Gasteiger partial charge in [-0.25, -0.2) is 0 Å². The van der Waals surface area contributed by atoms with Crippen LogP contribution in [0.5, 0.6) is 5.75 Å². The molecule has 1 atom stereocenters. The molecule has 2 aromatic carbocycles. The number of hydrogen-bond donors (Lipinski definition) is 0. The highest BCUT2D eigenvalue weighted by Gasteiger charge is 2.26. The van der Waals surface area contributed by atoms with Crippen LogP contribution in [-0.4, -0.2) is 59.7 Å². The summed E-state index contributed by atoms with van der Waals surface area (Å²) < 4.78 is 12.2. The fourth-order valence-corrected chi connectivity index (χ4v) is 6.22. The Hall–Kier alpha value is -1.53. The van der Waals surface area contributed by atoms with Gasteiger partial charge in [0.05, 0.1) is 12.7 Å². The summed E-state index contributed by atoms with van der Waals surface area (Å²) in [6.45, 7) is 6.86. The standard InChI is InChI=1S/C26H34N2O2S/c1-2-4-21(5-3-1)19-30-25-8-11-27(12-9-25)17-22-6-7-26-23(16-22)18-28(13-14-29-26)24-10-15-31-20-24/h1-7,16,24-25H,8-15,17-20H2. The van der Waals surface area contributed by atoms with Gasteiger partial charge in [-0.3, -0.25) is 9.80 Å². The smallest absolute Gasteiger partial charge is 0.123 e. The Morgan fingerprint density at radius 3 is 2.65 bits per heavy atom. The first kappa shape index (κ1) is 21.3. The predicted molar refractivity (Wildman–Crippen MR) is 128 cm³/mol. The van der Waals surface area contributed by atoms with Gasteiger partial charge in [-0.05, 0) is 48.3 Å². The molecule has 0 saturated carbocycles. The van der Waals surface area contributed by atoms with E-state index in [4.69, 9.17) is 9.47 Å². The van der Waals surface area contributed by atoms with E-state index in [1.807, 2.05) is 0 Å². The summed E-state index contributed by atoms with van der Waals surface area (Å²) >= 11 is 2.09. The summed E-state index contributed by atoms with van der Waals surface area (Å²) in [4.78, 5) is 5.22. The van der Waals surface area contributed by atoms with Crippen LogP contribution in [0.2, 0.25) is 0 Å². The average Bonchev–Trinajstić information content (AvgIpc) is 3.27. The number of thioether (sulfide) groups is 1. The molecule has 4 nitrogen and oxygen atoms in total. The molecule has 2 fully saturated rings. The Morgan fingerprint density at radius 1 is 0.968 bits per heavy atom. The van der Waals surface area contributed by atoms with Crippen molar-refractivity contribution in [3.63, 3.8) is 0 Å². The SMILES string of the molecule is c1ccc(COC2CCN(Cc3ccc4c(c3)CN(C3CCSC3)CCO4)CC2)cc1. The third kappa shape index (κ3) is 5.64. The molecule has 0 radical (unpaired) electrons. The van der Waals surface area contributed by atoms with Crippen LogP contribution in [0.25, 0.3) is 0 Å². The van der Waals surface area contributed by atoms with Crippen LogP contribution in [0.3, 0.4) is 0 Å². The summed E-state index contributed by atoms with van der Waals surface area (Å²) in [5.74, 6) is 3.67. The normalized spacial score (nSPS) is 23.3. The number of piperidine rings is 1. The molecule has 0 aliphatic carbocycles. The minimum Gasteiger partial charge on any atom is -0.492 e. The summed E-state index contributed by atoms with van der Waals surface area (Å²) in [5, 5.41) is 0. The molecule has 0 bridgehead atoms. The van der Waals surface area contributed by atoms with E-state index in [9.17, 15) is 0 Å². The molecule has 0 spiro atoms. The number of nitrogens with zero attached hydrogens (tertiary/aromatic N) is 2. The molecule has 3 aliphatic heterocycles. The highest BCUT2D eigenvalue weighted by molar-refractivity contribution is 7.99. The van der Waals surface area contributed by atoms with E-state index in [-0.39, 0.29) is 0 Å². The molecule has 5 heteroatoms. The van der Waals surface area contributed by atoms with Crippen molar-refractivity contribution in [2.24, 2.45) is 0 Å². The number of rotatable bonds is 6. The van der Waals surface area contributed by atoms with Crippen molar-refractivity contribution in [2.75, 3.05) is 37.7 Å². The molecule has 0 amide bonds. The molecular weight excluding hydrogens is 404 g/mol. The van der Waals surface area contributed by atoms with Crippen LogP contribution in [0, 0.1) is 0 Å². The van der Waals surface area contributed by atoms with E-state index in [1.165, 1.54) is 34.6 Å². The van der Waals surface area contributed by atoms with Gasteiger partial charge < -0.3 is 9.47 Å². The summed E-state index contributed by atoms with van der Waals surface area (Å²) in [7, 11) is 0. The van der Waals surface area contributed by atoms with Gasteiger partial charge in [-0.2, -0.15) is 11.8 Å². The van der Waals surface area contributed by atoms with E-state index in [0.717, 1.165) is 70.6 Å². The van der Waals surface area contributed by atoms with Crippen molar-refractivity contribution in [3.05, 3.63) is 65.2 Å². The van der Waals surface area contributed by atoms with Gasteiger partial charge in [0.1, 0.15) is 12.4 Å².